The molecule has 0 unspecified atom stereocenters. The normalized spacial score (nSPS) is 13.0. The predicted octanol–water partition coefficient (Wildman–Crippen LogP) is 3.42. The molecule has 2 aromatic rings. The Morgan fingerprint density at radius 2 is 1.93 bits per heavy atom. The van der Waals surface area contributed by atoms with Crippen molar-refractivity contribution in [1.29, 1.82) is 0 Å². The van der Waals surface area contributed by atoms with E-state index in [1.807, 2.05) is 24.3 Å². The number of esters is 1. The molecule has 1 aliphatic heterocycles. The standard InChI is InChI=1S/C22H22ClNO5/c23-18-4-1-3-16(13-18)9-10-24-21(25)15-29-22(26)8-6-17-5-7-19-20(14-17)28-12-2-11-27-19/h1,3-8,13-14H,2,9-12,15H2,(H,24,25)/b8-6+. The van der Waals surface area contributed by atoms with Gasteiger partial charge in [-0.3, -0.25) is 4.79 Å². The summed E-state index contributed by atoms with van der Waals surface area (Å²) in [7, 11) is 0. The predicted molar refractivity (Wildman–Crippen MR) is 110 cm³/mol. The smallest absolute Gasteiger partial charge is 0.331 e. The molecule has 0 saturated heterocycles. The molecule has 1 aliphatic rings. The molecule has 1 amide bonds. The fourth-order valence-electron chi connectivity index (χ4n) is 2.72. The van der Waals surface area contributed by atoms with Crippen molar-refractivity contribution in [2.75, 3.05) is 26.4 Å². The summed E-state index contributed by atoms with van der Waals surface area (Å²) in [5.74, 6) is 0.389. The second-order valence-corrected chi connectivity index (χ2v) is 6.86. The van der Waals surface area contributed by atoms with Gasteiger partial charge in [-0.05, 0) is 47.9 Å². The molecule has 1 heterocycles. The molecule has 2 aromatic carbocycles. The zero-order chi connectivity index (χ0) is 20.5. The Hall–Kier alpha value is -2.99. The van der Waals surface area contributed by atoms with E-state index in [9.17, 15) is 9.59 Å². The van der Waals surface area contributed by atoms with Crippen LogP contribution in [0.2, 0.25) is 5.02 Å². The van der Waals surface area contributed by atoms with Crippen LogP contribution >= 0.6 is 11.6 Å². The van der Waals surface area contributed by atoms with Crippen molar-refractivity contribution in [3.63, 3.8) is 0 Å². The van der Waals surface area contributed by atoms with Gasteiger partial charge in [0.15, 0.2) is 18.1 Å². The Morgan fingerprint density at radius 1 is 1.10 bits per heavy atom. The third kappa shape index (κ3) is 6.84. The Bertz CT molecular complexity index is 897. The van der Waals surface area contributed by atoms with Crippen molar-refractivity contribution in [2.24, 2.45) is 0 Å². The molecule has 0 spiro atoms. The van der Waals surface area contributed by atoms with Crippen molar-refractivity contribution in [3.05, 3.63) is 64.7 Å². The van der Waals surface area contributed by atoms with Crippen molar-refractivity contribution < 1.29 is 23.8 Å². The first-order chi connectivity index (χ1) is 14.1. The van der Waals surface area contributed by atoms with E-state index < -0.39 is 5.97 Å². The maximum Gasteiger partial charge on any atom is 0.331 e. The molecule has 29 heavy (non-hydrogen) atoms. The molecule has 7 heteroatoms. The third-order valence-corrected chi connectivity index (χ3v) is 4.39. The highest BCUT2D eigenvalue weighted by Gasteiger charge is 2.10. The average molecular weight is 416 g/mol. The molecule has 0 radical (unpaired) electrons. The number of amides is 1. The summed E-state index contributed by atoms with van der Waals surface area (Å²) in [6, 6.07) is 12.9. The van der Waals surface area contributed by atoms with Crippen LogP contribution in [0.1, 0.15) is 17.5 Å². The first kappa shape index (κ1) is 20.7. The van der Waals surface area contributed by atoms with E-state index >= 15 is 0 Å². The lowest BCUT2D eigenvalue weighted by Gasteiger charge is -2.07. The van der Waals surface area contributed by atoms with Gasteiger partial charge in [-0.2, -0.15) is 0 Å². The molecular weight excluding hydrogens is 394 g/mol. The maximum atomic E-state index is 11.8. The van der Waals surface area contributed by atoms with E-state index in [4.69, 9.17) is 25.8 Å². The number of benzene rings is 2. The van der Waals surface area contributed by atoms with Crippen LogP contribution < -0.4 is 14.8 Å². The quantitative estimate of drug-likeness (QED) is 0.554. The van der Waals surface area contributed by atoms with E-state index in [-0.39, 0.29) is 12.5 Å². The number of carbonyl (C=O) groups is 2. The minimum atomic E-state index is -0.595. The summed E-state index contributed by atoms with van der Waals surface area (Å²) in [5.41, 5.74) is 1.80. The SMILES string of the molecule is O=C(COC(=O)/C=C/c1ccc2c(c1)OCCCO2)NCCc1cccc(Cl)c1. The van der Waals surface area contributed by atoms with E-state index in [1.165, 1.54) is 6.08 Å². The fourth-order valence-corrected chi connectivity index (χ4v) is 2.94. The highest BCUT2D eigenvalue weighted by molar-refractivity contribution is 6.30. The molecular formula is C22H22ClNO5. The van der Waals surface area contributed by atoms with Crippen molar-refractivity contribution in [2.45, 2.75) is 12.8 Å². The van der Waals surface area contributed by atoms with Crippen molar-refractivity contribution in [1.82, 2.24) is 5.32 Å². The highest BCUT2D eigenvalue weighted by atomic mass is 35.5. The van der Waals surface area contributed by atoms with Crippen LogP contribution in [0.25, 0.3) is 6.08 Å². The number of hydrogen-bond acceptors (Lipinski definition) is 5. The van der Waals surface area contributed by atoms with Crippen LogP contribution in [0.4, 0.5) is 0 Å². The Morgan fingerprint density at radius 3 is 2.76 bits per heavy atom. The summed E-state index contributed by atoms with van der Waals surface area (Å²) in [4.78, 5) is 23.6. The van der Waals surface area contributed by atoms with E-state index in [0.717, 1.165) is 17.5 Å². The van der Waals surface area contributed by atoms with Gasteiger partial charge in [0.1, 0.15) is 0 Å². The zero-order valence-electron chi connectivity index (χ0n) is 15.9. The van der Waals surface area contributed by atoms with Gasteiger partial charge in [-0.25, -0.2) is 4.79 Å². The lowest BCUT2D eigenvalue weighted by Crippen LogP contribution is -2.30. The van der Waals surface area contributed by atoms with E-state index in [1.54, 1.807) is 24.3 Å². The van der Waals surface area contributed by atoms with Crippen molar-refractivity contribution >= 4 is 29.6 Å². The Labute approximate surface area is 174 Å². The summed E-state index contributed by atoms with van der Waals surface area (Å²) >= 11 is 5.92. The zero-order valence-corrected chi connectivity index (χ0v) is 16.6. The van der Waals surface area contributed by atoms with Gasteiger partial charge in [0.2, 0.25) is 0 Å². The number of halogens is 1. The van der Waals surface area contributed by atoms with Crippen LogP contribution in [0, 0.1) is 0 Å². The highest BCUT2D eigenvalue weighted by Crippen LogP contribution is 2.30. The molecule has 3 rings (SSSR count). The maximum absolute atomic E-state index is 11.8. The second-order valence-electron chi connectivity index (χ2n) is 6.43. The molecule has 0 atom stereocenters. The second kappa shape index (κ2) is 10.5. The van der Waals surface area contributed by atoms with E-state index in [2.05, 4.69) is 5.32 Å². The topological polar surface area (TPSA) is 73.9 Å². The molecule has 1 N–H and O–H groups in total. The van der Waals surface area contributed by atoms with Gasteiger partial charge >= 0.3 is 5.97 Å². The fraction of sp³-hybridized carbons (Fsp3) is 0.273. The Balaban J connectivity index is 1.40. The summed E-state index contributed by atoms with van der Waals surface area (Å²) in [6.07, 6.45) is 4.35. The molecule has 6 nitrogen and oxygen atoms in total. The Kier molecular flexibility index (Phi) is 7.53. The number of hydrogen-bond donors (Lipinski definition) is 1. The number of rotatable bonds is 7. The lowest BCUT2D eigenvalue weighted by molar-refractivity contribution is -0.143. The van der Waals surface area contributed by atoms with Gasteiger partial charge in [0.05, 0.1) is 13.2 Å². The van der Waals surface area contributed by atoms with Crippen LogP contribution in [0.5, 0.6) is 11.5 Å². The number of carbonyl (C=O) groups excluding carboxylic acids is 2. The largest absolute Gasteiger partial charge is 0.490 e. The van der Waals surface area contributed by atoms with E-state index in [0.29, 0.717) is 42.7 Å². The monoisotopic (exact) mass is 415 g/mol. The lowest BCUT2D eigenvalue weighted by atomic mass is 10.1. The van der Waals surface area contributed by atoms with Crippen LogP contribution in [-0.2, 0) is 20.7 Å². The molecule has 0 saturated carbocycles. The van der Waals surface area contributed by atoms with Crippen LogP contribution in [0.15, 0.2) is 48.5 Å². The summed E-state index contributed by atoms with van der Waals surface area (Å²) < 4.78 is 16.1. The summed E-state index contributed by atoms with van der Waals surface area (Å²) in [5, 5.41) is 3.36. The van der Waals surface area contributed by atoms with Gasteiger partial charge in [0, 0.05) is 24.1 Å². The molecule has 152 valence electrons. The summed E-state index contributed by atoms with van der Waals surface area (Å²) in [6.45, 7) is 1.31. The molecule has 0 bridgehead atoms. The third-order valence-electron chi connectivity index (χ3n) is 4.15. The van der Waals surface area contributed by atoms with Gasteiger partial charge < -0.3 is 19.5 Å². The first-order valence-corrected chi connectivity index (χ1v) is 9.73. The average Bonchev–Trinajstić information content (AvgIpc) is 2.96. The van der Waals surface area contributed by atoms with Crippen molar-refractivity contribution in [3.8, 4) is 11.5 Å². The number of nitrogens with one attached hydrogen (secondary N) is 1. The molecule has 0 fully saturated rings. The minimum Gasteiger partial charge on any atom is -0.490 e. The van der Waals surface area contributed by atoms with Crippen LogP contribution in [-0.4, -0.2) is 38.2 Å². The minimum absolute atomic E-state index is 0.333. The van der Waals surface area contributed by atoms with Gasteiger partial charge in [-0.15, -0.1) is 0 Å². The first-order valence-electron chi connectivity index (χ1n) is 9.36. The molecule has 0 aliphatic carbocycles. The van der Waals surface area contributed by atoms with Gasteiger partial charge in [-0.1, -0.05) is 29.8 Å². The number of ether oxygens (including phenoxy) is 3. The number of fused-ring (bicyclic) bond motifs is 1. The van der Waals surface area contributed by atoms with Crippen LogP contribution in [0.3, 0.4) is 0 Å². The van der Waals surface area contributed by atoms with Gasteiger partial charge in [0.25, 0.3) is 5.91 Å². The molecule has 0 aromatic heterocycles.